The zero-order valence-electron chi connectivity index (χ0n) is 32.9. The van der Waals surface area contributed by atoms with Gasteiger partial charge < -0.3 is 28.6 Å². The highest BCUT2D eigenvalue weighted by Gasteiger charge is 2.25. The summed E-state index contributed by atoms with van der Waals surface area (Å²) in [5.74, 6) is -1.76. The Labute approximate surface area is 302 Å². The number of nitrogens with zero attached hydrogens (tertiary/aromatic N) is 1. The number of quaternary nitrogens is 1. The molecule has 0 aromatic rings. The molecule has 0 aliphatic heterocycles. The number of likely N-dealkylation sites (N-methyl/N-ethyl adjacent to an activating group) is 1. The number of carbonyl (C=O) groups excluding carboxylic acids is 3. The molecular weight excluding hydrogens is 618 g/mol. The molecule has 49 heavy (non-hydrogen) atoms. The average molecular weight is 698 g/mol. The Morgan fingerprint density at radius 1 is 0.531 bits per heavy atom. The van der Waals surface area contributed by atoms with Gasteiger partial charge in [-0.2, -0.15) is 0 Å². The molecule has 0 aromatic carbocycles. The molecule has 0 aliphatic carbocycles. The molecule has 2 unspecified atom stereocenters. The van der Waals surface area contributed by atoms with Crippen LogP contribution in [0.3, 0.4) is 0 Å². The Kier molecular flexibility index (Phi) is 32.3. The van der Waals surface area contributed by atoms with Gasteiger partial charge in [0.1, 0.15) is 12.6 Å². The summed E-state index contributed by atoms with van der Waals surface area (Å²) in [6.45, 7) is 4.44. The fourth-order valence-corrected chi connectivity index (χ4v) is 6.23. The number of ether oxygens (including phenoxy) is 3. The molecule has 0 aliphatic rings. The number of hydrogen-bond acceptors (Lipinski definition) is 7. The van der Waals surface area contributed by atoms with Gasteiger partial charge in [0, 0.05) is 19.3 Å². The van der Waals surface area contributed by atoms with Crippen LogP contribution in [0.2, 0.25) is 0 Å². The Morgan fingerprint density at radius 3 is 1.31 bits per heavy atom. The van der Waals surface area contributed by atoms with Gasteiger partial charge in [-0.1, -0.05) is 162 Å². The van der Waals surface area contributed by atoms with Crippen LogP contribution in [0.1, 0.15) is 194 Å². The van der Waals surface area contributed by atoms with E-state index in [2.05, 4.69) is 6.92 Å². The van der Waals surface area contributed by atoms with E-state index in [0.29, 0.717) is 12.8 Å². The lowest BCUT2D eigenvalue weighted by atomic mass is 10.0. The van der Waals surface area contributed by atoms with E-state index in [1.807, 2.05) is 6.92 Å². The molecule has 0 radical (unpaired) electrons. The Morgan fingerprint density at radius 2 is 0.918 bits per heavy atom. The minimum Gasteiger partial charge on any atom is -0.544 e. The molecule has 0 saturated carbocycles. The minimum atomic E-state index is -1.13. The normalized spacial score (nSPS) is 12.9. The van der Waals surface area contributed by atoms with Gasteiger partial charge >= 0.3 is 11.9 Å². The highest BCUT2D eigenvalue weighted by atomic mass is 16.6. The number of unbranched alkanes of at least 4 members (excludes halogenated alkanes) is 23. The lowest BCUT2D eigenvalue weighted by molar-refractivity contribution is -0.889. The topological polar surface area (TPSA) is 102 Å². The second-order valence-corrected chi connectivity index (χ2v) is 15.2. The highest BCUT2D eigenvalue weighted by molar-refractivity contribution is 5.70. The van der Waals surface area contributed by atoms with Crippen molar-refractivity contribution < 1.29 is 38.2 Å². The van der Waals surface area contributed by atoms with Crippen molar-refractivity contribution in [1.82, 2.24) is 0 Å². The molecule has 0 aromatic heterocycles. The van der Waals surface area contributed by atoms with Crippen LogP contribution in [0.4, 0.5) is 0 Å². The van der Waals surface area contributed by atoms with Gasteiger partial charge in [-0.15, -0.1) is 0 Å². The molecule has 0 spiro atoms. The maximum absolute atomic E-state index is 12.5. The van der Waals surface area contributed by atoms with E-state index in [1.54, 1.807) is 21.1 Å². The molecular formula is C41H79NO7. The number of carboxylic acids is 1. The fourth-order valence-electron chi connectivity index (χ4n) is 6.23. The van der Waals surface area contributed by atoms with E-state index in [9.17, 15) is 19.5 Å². The smallest absolute Gasteiger partial charge is 0.306 e. The van der Waals surface area contributed by atoms with Gasteiger partial charge in [0.25, 0.3) is 0 Å². The van der Waals surface area contributed by atoms with Crippen LogP contribution >= 0.6 is 0 Å². The maximum Gasteiger partial charge on any atom is 0.306 e. The Balaban J connectivity index is 3.89. The lowest BCUT2D eigenvalue weighted by Gasteiger charge is -2.34. The molecule has 0 bridgehead atoms. The van der Waals surface area contributed by atoms with Crippen LogP contribution < -0.4 is 5.11 Å². The Hall–Kier alpha value is -1.67. The van der Waals surface area contributed by atoms with Crippen LogP contribution in [0.15, 0.2) is 0 Å². The van der Waals surface area contributed by atoms with Crippen LogP contribution in [-0.2, 0) is 28.6 Å². The summed E-state index contributed by atoms with van der Waals surface area (Å²) >= 11 is 0. The van der Waals surface area contributed by atoms with Crippen molar-refractivity contribution in [1.29, 1.82) is 0 Å². The van der Waals surface area contributed by atoms with Crippen molar-refractivity contribution in [3.05, 3.63) is 0 Å². The number of aliphatic carboxylic acids is 1. The summed E-state index contributed by atoms with van der Waals surface area (Å²) in [6.07, 6.45) is 32.4. The molecule has 0 saturated heterocycles. The summed E-state index contributed by atoms with van der Waals surface area (Å²) in [5, 5.41) is 11.5. The lowest BCUT2D eigenvalue weighted by Crippen LogP contribution is -2.55. The van der Waals surface area contributed by atoms with Crippen molar-refractivity contribution in [2.45, 2.75) is 206 Å². The minimum absolute atomic E-state index is 0.0448. The van der Waals surface area contributed by atoms with E-state index in [-0.39, 0.29) is 42.7 Å². The zero-order valence-corrected chi connectivity index (χ0v) is 32.9. The van der Waals surface area contributed by atoms with Gasteiger partial charge in [0.05, 0.1) is 40.3 Å². The first-order valence-corrected chi connectivity index (χ1v) is 20.6. The number of rotatable bonds is 37. The van der Waals surface area contributed by atoms with Crippen molar-refractivity contribution >= 4 is 17.9 Å². The number of carbonyl (C=O) groups is 3. The highest BCUT2D eigenvalue weighted by Crippen LogP contribution is 2.16. The summed E-state index contributed by atoms with van der Waals surface area (Å²) in [7, 11) is 5.38. The average Bonchev–Trinajstić information content (AvgIpc) is 3.05. The second kappa shape index (κ2) is 33.5. The van der Waals surface area contributed by atoms with Crippen LogP contribution in [0.5, 0.6) is 0 Å². The van der Waals surface area contributed by atoms with Crippen molar-refractivity contribution in [3.8, 4) is 0 Å². The summed E-state index contributed by atoms with van der Waals surface area (Å²) < 4.78 is 16.8. The van der Waals surface area contributed by atoms with E-state index in [1.165, 1.54) is 128 Å². The molecule has 0 rings (SSSR count). The van der Waals surface area contributed by atoms with Gasteiger partial charge in [0.2, 0.25) is 0 Å². The first kappa shape index (κ1) is 47.3. The second-order valence-electron chi connectivity index (χ2n) is 15.2. The number of esters is 2. The first-order chi connectivity index (χ1) is 23.6. The third kappa shape index (κ3) is 32.0. The molecule has 0 fully saturated rings. The maximum atomic E-state index is 12.5. The quantitative estimate of drug-likeness (QED) is 0.0362. The zero-order chi connectivity index (χ0) is 36.4. The predicted molar refractivity (Wildman–Crippen MR) is 199 cm³/mol. The summed E-state index contributed by atoms with van der Waals surface area (Å²) in [5.41, 5.74) is 0. The standard InChI is InChI=1S/C41H79NO7/c1-6-8-10-11-12-13-14-15-16-17-18-19-20-21-22-23-24-25-26-27-28-29-30-32-40(44)49-37(36-48-39(43)31-9-7-2)35-47-34-33-38(41(45)46)42(3,4)5/h37-38H,6-36H2,1-5H3. The monoisotopic (exact) mass is 698 g/mol. The van der Waals surface area contributed by atoms with Crippen LogP contribution in [-0.4, -0.2) is 75.5 Å². The third-order valence-corrected chi connectivity index (χ3v) is 9.49. The van der Waals surface area contributed by atoms with Crippen LogP contribution in [0, 0.1) is 0 Å². The molecule has 0 amide bonds. The molecule has 0 heterocycles. The van der Waals surface area contributed by atoms with Crippen LogP contribution in [0.25, 0.3) is 0 Å². The molecule has 8 nitrogen and oxygen atoms in total. The van der Waals surface area contributed by atoms with Crippen molar-refractivity contribution in [2.24, 2.45) is 0 Å². The van der Waals surface area contributed by atoms with Gasteiger partial charge in [-0.3, -0.25) is 9.59 Å². The van der Waals surface area contributed by atoms with Gasteiger partial charge in [-0.25, -0.2) is 0 Å². The molecule has 8 heteroatoms. The van der Waals surface area contributed by atoms with Gasteiger partial charge in [-0.05, 0) is 12.8 Å². The summed E-state index contributed by atoms with van der Waals surface area (Å²) in [6, 6.07) is -0.716. The molecule has 0 N–H and O–H groups in total. The largest absolute Gasteiger partial charge is 0.544 e. The van der Waals surface area contributed by atoms with Crippen molar-refractivity contribution in [3.63, 3.8) is 0 Å². The molecule has 290 valence electrons. The number of carboxylic acid groups (broad SMARTS) is 1. The predicted octanol–water partition coefficient (Wildman–Crippen LogP) is 9.25. The van der Waals surface area contributed by atoms with Gasteiger partial charge in [0.15, 0.2) is 6.10 Å². The third-order valence-electron chi connectivity index (χ3n) is 9.49. The van der Waals surface area contributed by atoms with E-state index in [0.717, 1.165) is 32.1 Å². The fraction of sp³-hybridized carbons (Fsp3) is 0.927. The van der Waals surface area contributed by atoms with E-state index < -0.39 is 18.1 Å². The SMILES string of the molecule is CCCCCCCCCCCCCCCCCCCCCCCCCC(=O)OC(COCCC(C(=O)[O-])[N+](C)(C)C)COC(=O)CCCC. The molecule has 2 atom stereocenters. The van der Waals surface area contributed by atoms with E-state index in [4.69, 9.17) is 14.2 Å². The number of hydrogen-bond donors (Lipinski definition) is 0. The Bertz CT molecular complexity index is 782. The van der Waals surface area contributed by atoms with Crippen molar-refractivity contribution in [2.75, 3.05) is 41.0 Å². The summed E-state index contributed by atoms with van der Waals surface area (Å²) in [4.78, 5) is 36.0. The first-order valence-electron chi connectivity index (χ1n) is 20.6. The van der Waals surface area contributed by atoms with E-state index >= 15 is 0 Å².